The molecule has 14 heteroatoms. The first-order valence-corrected chi connectivity index (χ1v) is 17.5. The van der Waals surface area contributed by atoms with Crippen molar-refractivity contribution in [2.45, 2.75) is 49.6 Å². The molecule has 0 atom stereocenters. The number of carbonyl (C=O) groups excluding carboxylic acids is 2. The van der Waals surface area contributed by atoms with Crippen LogP contribution in [0.3, 0.4) is 0 Å². The summed E-state index contributed by atoms with van der Waals surface area (Å²) in [7, 11) is 1.63. The molecule has 8 rings (SSSR count). The van der Waals surface area contributed by atoms with Gasteiger partial charge in [0.05, 0.1) is 34.9 Å². The van der Waals surface area contributed by atoms with Gasteiger partial charge in [-0.1, -0.05) is 0 Å². The van der Waals surface area contributed by atoms with Crippen LogP contribution in [-0.4, -0.2) is 128 Å². The van der Waals surface area contributed by atoms with Crippen LogP contribution in [0.2, 0.25) is 0 Å². The van der Waals surface area contributed by atoms with Crippen molar-refractivity contribution < 1.29 is 14.3 Å². The van der Waals surface area contributed by atoms with Crippen molar-refractivity contribution in [3.05, 3.63) is 37.2 Å². The van der Waals surface area contributed by atoms with Gasteiger partial charge in [-0.05, 0) is 44.1 Å². The van der Waals surface area contributed by atoms with E-state index in [1.54, 1.807) is 31.5 Å². The summed E-state index contributed by atoms with van der Waals surface area (Å²) in [4.78, 5) is 57.5. The van der Waals surface area contributed by atoms with Crippen LogP contribution in [0.1, 0.15) is 38.5 Å². The Hall–Kier alpha value is -3.91. The number of ether oxygens (including phenoxy) is 1. The normalized spacial score (nSPS) is 19.5. The number of aromatic nitrogens is 6. The number of thioether (sulfide) groups is 1. The van der Waals surface area contributed by atoms with E-state index >= 15 is 0 Å². The van der Waals surface area contributed by atoms with Gasteiger partial charge < -0.3 is 34.3 Å². The molecule has 13 nitrogen and oxygen atoms in total. The molecule has 2 N–H and O–H groups in total. The highest BCUT2D eigenvalue weighted by molar-refractivity contribution is 7.98. The van der Waals surface area contributed by atoms with Gasteiger partial charge in [0, 0.05) is 70.9 Å². The van der Waals surface area contributed by atoms with E-state index in [0.29, 0.717) is 25.4 Å². The first-order valence-electron chi connectivity index (χ1n) is 16.1. The second kappa shape index (κ2) is 12.7. The average molecular weight is 647 g/mol. The van der Waals surface area contributed by atoms with E-state index in [0.717, 1.165) is 104 Å². The van der Waals surface area contributed by atoms with Crippen LogP contribution < -0.4 is 9.80 Å². The zero-order valence-corrected chi connectivity index (χ0v) is 27.4. The first kappa shape index (κ1) is 30.7. The van der Waals surface area contributed by atoms with Crippen molar-refractivity contribution in [3.8, 4) is 0 Å². The van der Waals surface area contributed by atoms with Gasteiger partial charge in [-0.15, -0.1) is 0 Å². The van der Waals surface area contributed by atoms with Crippen LogP contribution in [0.25, 0.3) is 22.1 Å². The first-order chi connectivity index (χ1) is 22.5. The number of carbonyl (C=O) groups is 2. The number of amides is 2. The average Bonchev–Trinajstić information content (AvgIpc) is 3.87. The molecule has 0 bridgehead atoms. The highest BCUT2D eigenvalue weighted by atomic mass is 32.2. The molecule has 4 aromatic rings. The smallest absolute Gasteiger partial charge is 0.225 e. The van der Waals surface area contributed by atoms with Crippen LogP contribution >= 0.6 is 11.8 Å². The quantitative estimate of drug-likeness (QED) is 0.294. The lowest BCUT2D eigenvalue weighted by molar-refractivity contribution is -0.136. The third kappa shape index (κ3) is 5.88. The van der Waals surface area contributed by atoms with Gasteiger partial charge in [-0.2, -0.15) is 11.8 Å². The van der Waals surface area contributed by atoms with Crippen LogP contribution in [0, 0.1) is 0 Å². The molecule has 4 fully saturated rings. The lowest BCUT2D eigenvalue weighted by atomic mass is 10.1. The number of hydrogen-bond donors (Lipinski definition) is 2. The van der Waals surface area contributed by atoms with Crippen molar-refractivity contribution >= 4 is 57.3 Å². The molecule has 2 aliphatic heterocycles. The van der Waals surface area contributed by atoms with Crippen LogP contribution in [-0.2, 0) is 14.3 Å². The second-order valence-electron chi connectivity index (χ2n) is 12.7. The third-order valence-corrected chi connectivity index (χ3v) is 10.5. The van der Waals surface area contributed by atoms with Gasteiger partial charge in [-0.3, -0.25) is 9.59 Å². The van der Waals surface area contributed by atoms with E-state index in [4.69, 9.17) is 4.74 Å². The van der Waals surface area contributed by atoms with Crippen molar-refractivity contribution in [3.63, 3.8) is 0 Å². The minimum atomic E-state index is -0.00332. The number of aromatic amines is 2. The van der Waals surface area contributed by atoms with Gasteiger partial charge >= 0.3 is 0 Å². The summed E-state index contributed by atoms with van der Waals surface area (Å²) in [5.74, 6) is 3.38. The molecule has 0 unspecified atom stereocenters. The fraction of sp³-hybridized carbons (Fsp3) is 0.562. The summed E-state index contributed by atoms with van der Waals surface area (Å²) in [6.45, 7) is 5.41. The van der Waals surface area contributed by atoms with E-state index in [-0.39, 0.29) is 17.0 Å². The van der Waals surface area contributed by atoms with Crippen molar-refractivity contribution in [1.82, 2.24) is 39.7 Å². The minimum Gasteiger partial charge on any atom is -0.384 e. The van der Waals surface area contributed by atoms with Crippen molar-refractivity contribution in [1.29, 1.82) is 0 Å². The Bertz CT molecular complexity index is 1580. The summed E-state index contributed by atoms with van der Waals surface area (Å²) >= 11 is 1.74. The maximum Gasteiger partial charge on any atom is 0.225 e. The maximum atomic E-state index is 12.5. The summed E-state index contributed by atoms with van der Waals surface area (Å²) in [6, 6.07) is 4.04. The van der Waals surface area contributed by atoms with Gasteiger partial charge in [0.25, 0.3) is 0 Å². The maximum absolute atomic E-state index is 12.5. The highest BCUT2D eigenvalue weighted by Crippen LogP contribution is 2.46. The minimum absolute atomic E-state index is 0.00332. The predicted octanol–water partition coefficient (Wildman–Crippen LogP) is 3.07. The Morgan fingerprint density at radius 2 is 1.28 bits per heavy atom. The van der Waals surface area contributed by atoms with E-state index < -0.39 is 0 Å². The molecule has 2 spiro atoms. The fourth-order valence-corrected chi connectivity index (χ4v) is 7.49. The van der Waals surface area contributed by atoms with Crippen molar-refractivity contribution in [2.24, 2.45) is 0 Å². The van der Waals surface area contributed by atoms with Gasteiger partial charge in [-0.25, -0.2) is 19.9 Å². The lowest BCUT2D eigenvalue weighted by Crippen LogP contribution is -2.57. The van der Waals surface area contributed by atoms with Crippen LogP contribution in [0.5, 0.6) is 0 Å². The molecular weight excluding hydrogens is 604 g/mol. The Labute approximate surface area is 272 Å². The standard InChI is InChI=1S/C16H21N5O2.C16H21N5OS/c2*1-23-9-3-13(22)21-8-7-20(10-16(21)4-5-16)15-12-2-6-17-14(12)18-11-19-15/h2*2,6,11H,3-5,7-10H2,1H3,(H,17,18,19). The number of nitrogens with one attached hydrogen (secondary N) is 2. The molecule has 4 aliphatic rings. The van der Waals surface area contributed by atoms with E-state index in [1.807, 2.05) is 24.5 Å². The molecule has 4 aromatic heterocycles. The zero-order valence-electron chi connectivity index (χ0n) is 26.6. The SMILES string of the molecule is COCCC(=O)N1CCN(c2ncnc3[nH]ccc23)CC12CC2.CSCCC(=O)N1CCN(c2ncnc3[nH]ccc23)CC12CC2. The molecular formula is C32H42N10O3S. The lowest BCUT2D eigenvalue weighted by Gasteiger charge is -2.43. The number of anilines is 2. The molecule has 2 saturated carbocycles. The third-order valence-electron chi connectivity index (χ3n) is 9.86. The molecule has 0 aromatic carbocycles. The van der Waals surface area contributed by atoms with E-state index in [9.17, 15) is 9.59 Å². The Balaban J connectivity index is 0.000000147. The number of nitrogens with zero attached hydrogens (tertiary/aromatic N) is 8. The molecule has 46 heavy (non-hydrogen) atoms. The van der Waals surface area contributed by atoms with Crippen LogP contribution in [0.15, 0.2) is 37.2 Å². The largest absolute Gasteiger partial charge is 0.384 e. The molecule has 2 aliphatic carbocycles. The van der Waals surface area contributed by atoms with Crippen molar-refractivity contribution in [2.75, 3.05) is 74.8 Å². The predicted molar refractivity (Wildman–Crippen MR) is 179 cm³/mol. The molecule has 2 amide bonds. The van der Waals surface area contributed by atoms with Gasteiger partial charge in [0.15, 0.2) is 0 Å². The Morgan fingerprint density at radius 1 is 0.783 bits per heavy atom. The summed E-state index contributed by atoms with van der Waals surface area (Å²) in [5, 5.41) is 2.10. The molecule has 244 valence electrons. The summed E-state index contributed by atoms with van der Waals surface area (Å²) in [6.07, 6.45) is 14.5. The van der Waals surface area contributed by atoms with Crippen LogP contribution in [0.4, 0.5) is 11.6 Å². The van der Waals surface area contributed by atoms with E-state index in [2.05, 4.69) is 55.8 Å². The summed E-state index contributed by atoms with van der Waals surface area (Å²) in [5.41, 5.74) is 1.77. The Morgan fingerprint density at radius 3 is 1.74 bits per heavy atom. The molecule has 2 saturated heterocycles. The summed E-state index contributed by atoms with van der Waals surface area (Å²) < 4.78 is 5.04. The number of fused-ring (bicyclic) bond motifs is 2. The zero-order chi connectivity index (χ0) is 31.7. The number of hydrogen-bond acceptors (Lipinski definition) is 10. The van der Waals surface area contributed by atoms with Gasteiger partial charge in [0.2, 0.25) is 11.8 Å². The second-order valence-corrected chi connectivity index (χ2v) is 13.7. The monoisotopic (exact) mass is 646 g/mol. The Kier molecular flexibility index (Phi) is 8.49. The number of methoxy groups -OCH3 is 1. The fourth-order valence-electron chi connectivity index (χ4n) is 7.11. The highest BCUT2D eigenvalue weighted by Gasteiger charge is 2.54. The number of piperazine rings is 2. The van der Waals surface area contributed by atoms with Gasteiger partial charge in [0.1, 0.15) is 35.6 Å². The molecule has 0 radical (unpaired) electrons. The molecule has 6 heterocycles. The number of rotatable bonds is 8. The van der Waals surface area contributed by atoms with E-state index in [1.165, 1.54) is 0 Å². The number of H-pyrrole nitrogens is 2. The topological polar surface area (TPSA) is 139 Å².